The van der Waals surface area contributed by atoms with E-state index in [-0.39, 0.29) is 5.92 Å². The molecule has 2 aromatic rings. The molecule has 0 saturated heterocycles. The van der Waals surface area contributed by atoms with E-state index in [0.717, 1.165) is 5.69 Å². The summed E-state index contributed by atoms with van der Waals surface area (Å²) < 4.78 is 0. The van der Waals surface area contributed by atoms with Gasteiger partial charge in [0.25, 0.3) is 0 Å². The zero-order valence-electron chi connectivity index (χ0n) is 13.1. The van der Waals surface area contributed by atoms with Crippen molar-refractivity contribution in [1.82, 2.24) is 5.43 Å². The van der Waals surface area contributed by atoms with Crippen molar-refractivity contribution >= 4 is 29.2 Å². The van der Waals surface area contributed by atoms with E-state index in [9.17, 15) is 0 Å². The van der Waals surface area contributed by atoms with E-state index in [1.165, 1.54) is 16.7 Å². The van der Waals surface area contributed by atoms with Crippen LogP contribution in [0, 0.1) is 13.8 Å². The van der Waals surface area contributed by atoms with E-state index in [1.54, 1.807) is 0 Å². The van der Waals surface area contributed by atoms with Gasteiger partial charge in [-0.05, 0) is 48.8 Å². The number of benzene rings is 2. The maximum atomic E-state index is 5.27. The summed E-state index contributed by atoms with van der Waals surface area (Å²) in [5.41, 5.74) is 7.51. The summed E-state index contributed by atoms with van der Waals surface area (Å²) in [6.07, 6.45) is 1.85. The van der Waals surface area contributed by atoms with Gasteiger partial charge in [-0.25, -0.2) is 0 Å². The summed E-state index contributed by atoms with van der Waals surface area (Å²) in [4.78, 5) is 0. The van der Waals surface area contributed by atoms with Crippen LogP contribution in [-0.2, 0) is 0 Å². The number of nitrogens with zero attached hydrogens (tertiary/aromatic N) is 1. The number of hydrogen-bond donors (Lipinski definition) is 2. The molecule has 2 aromatic carbocycles. The van der Waals surface area contributed by atoms with Gasteiger partial charge >= 0.3 is 0 Å². The molecule has 0 saturated carbocycles. The minimum atomic E-state index is 0.234. The highest BCUT2D eigenvalue weighted by molar-refractivity contribution is 7.80. The molecule has 0 aromatic heterocycles. The Bertz CT molecular complexity index is 665. The molecule has 1 atom stereocenters. The molecule has 2 rings (SSSR count). The Kier molecular flexibility index (Phi) is 5.67. The highest BCUT2D eigenvalue weighted by Gasteiger charge is 2.03. The number of anilines is 1. The van der Waals surface area contributed by atoms with Crippen LogP contribution in [0.4, 0.5) is 5.69 Å². The highest BCUT2D eigenvalue weighted by atomic mass is 32.1. The molecule has 4 heteroatoms. The van der Waals surface area contributed by atoms with Crippen LogP contribution in [0.15, 0.2) is 53.6 Å². The molecule has 0 fully saturated rings. The van der Waals surface area contributed by atoms with Gasteiger partial charge in [-0.3, -0.25) is 5.43 Å². The van der Waals surface area contributed by atoms with Crippen molar-refractivity contribution in [2.75, 3.05) is 5.32 Å². The van der Waals surface area contributed by atoms with Crippen LogP contribution in [0.3, 0.4) is 0 Å². The predicted octanol–water partition coefficient (Wildman–Crippen LogP) is 4.38. The molecule has 22 heavy (non-hydrogen) atoms. The smallest absolute Gasteiger partial charge is 0.191 e. The topological polar surface area (TPSA) is 36.4 Å². The van der Waals surface area contributed by atoms with Crippen molar-refractivity contribution in [2.45, 2.75) is 26.7 Å². The lowest BCUT2D eigenvalue weighted by Gasteiger charge is -2.12. The molecule has 0 radical (unpaired) electrons. The van der Waals surface area contributed by atoms with Gasteiger partial charge in [-0.2, -0.15) is 5.10 Å². The van der Waals surface area contributed by atoms with E-state index in [2.05, 4.69) is 54.8 Å². The fourth-order valence-electron chi connectivity index (χ4n) is 2.09. The molecule has 0 heterocycles. The van der Waals surface area contributed by atoms with Gasteiger partial charge in [0.15, 0.2) is 5.11 Å². The maximum Gasteiger partial charge on any atom is 0.191 e. The standard InChI is InChI=1S/C18H21N3S/c1-13-8-7-11-17(15(13)3)20-18(22)21-19-12-14(2)16-9-5-4-6-10-16/h4-12,14H,1-3H3,(H2,20,21,22)/b19-12-/t14-/m0/s1. The maximum absolute atomic E-state index is 5.27. The lowest BCUT2D eigenvalue weighted by Crippen LogP contribution is -2.24. The van der Waals surface area contributed by atoms with Crippen molar-refractivity contribution < 1.29 is 0 Å². The summed E-state index contributed by atoms with van der Waals surface area (Å²) >= 11 is 5.27. The van der Waals surface area contributed by atoms with Gasteiger partial charge in [0.1, 0.15) is 0 Å². The fraction of sp³-hybridized carbons (Fsp3) is 0.222. The Hall–Kier alpha value is -2.20. The number of hydrazone groups is 1. The second kappa shape index (κ2) is 7.71. The molecule has 0 aliphatic rings. The van der Waals surface area contributed by atoms with E-state index in [4.69, 9.17) is 12.2 Å². The lowest BCUT2D eigenvalue weighted by molar-refractivity contribution is 0.983. The van der Waals surface area contributed by atoms with Crippen molar-refractivity contribution in [1.29, 1.82) is 0 Å². The zero-order valence-corrected chi connectivity index (χ0v) is 13.9. The van der Waals surface area contributed by atoms with Crippen molar-refractivity contribution in [3.05, 3.63) is 65.2 Å². The third-order valence-corrected chi connectivity index (χ3v) is 3.84. The number of aryl methyl sites for hydroxylation is 1. The summed E-state index contributed by atoms with van der Waals surface area (Å²) in [6.45, 7) is 6.25. The first-order valence-corrected chi connectivity index (χ1v) is 7.70. The van der Waals surface area contributed by atoms with Gasteiger partial charge in [0, 0.05) is 17.8 Å². The number of rotatable bonds is 4. The van der Waals surface area contributed by atoms with Crippen molar-refractivity contribution in [2.24, 2.45) is 5.10 Å². The van der Waals surface area contributed by atoms with E-state index in [0.29, 0.717) is 5.11 Å². The lowest BCUT2D eigenvalue weighted by atomic mass is 10.0. The van der Waals surface area contributed by atoms with Crippen LogP contribution < -0.4 is 10.7 Å². The van der Waals surface area contributed by atoms with Crippen LogP contribution in [0.25, 0.3) is 0 Å². The molecule has 114 valence electrons. The summed E-state index contributed by atoms with van der Waals surface area (Å²) in [6, 6.07) is 16.3. The minimum absolute atomic E-state index is 0.234. The van der Waals surface area contributed by atoms with Crippen LogP contribution in [0.5, 0.6) is 0 Å². The van der Waals surface area contributed by atoms with Crippen LogP contribution >= 0.6 is 12.2 Å². The molecule has 0 aliphatic heterocycles. The quantitative estimate of drug-likeness (QED) is 0.500. The first-order chi connectivity index (χ1) is 10.6. The Morgan fingerprint density at radius 1 is 1.09 bits per heavy atom. The molecule has 0 spiro atoms. The monoisotopic (exact) mass is 311 g/mol. The number of thiocarbonyl (C=S) groups is 1. The van der Waals surface area contributed by atoms with Crippen LogP contribution in [-0.4, -0.2) is 11.3 Å². The highest BCUT2D eigenvalue weighted by Crippen LogP contribution is 2.17. The molecule has 2 N–H and O–H groups in total. The van der Waals surface area contributed by atoms with Gasteiger partial charge in [0.05, 0.1) is 0 Å². The first-order valence-electron chi connectivity index (χ1n) is 7.29. The Balaban J connectivity index is 1.90. The minimum Gasteiger partial charge on any atom is -0.331 e. The average Bonchev–Trinajstić information content (AvgIpc) is 2.52. The van der Waals surface area contributed by atoms with Crippen LogP contribution in [0.2, 0.25) is 0 Å². The molecule has 0 aliphatic carbocycles. The molecule has 0 unspecified atom stereocenters. The third kappa shape index (κ3) is 4.40. The molecule has 0 amide bonds. The van der Waals surface area contributed by atoms with E-state index < -0.39 is 0 Å². The molecule has 3 nitrogen and oxygen atoms in total. The molecular formula is C18H21N3S. The molecular weight excluding hydrogens is 290 g/mol. The Morgan fingerprint density at radius 3 is 2.55 bits per heavy atom. The largest absolute Gasteiger partial charge is 0.331 e. The van der Waals surface area contributed by atoms with E-state index in [1.807, 2.05) is 36.5 Å². The zero-order chi connectivity index (χ0) is 15.9. The Labute approximate surface area is 137 Å². The fourth-order valence-corrected chi connectivity index (χ4v) is 2.25. The predicted molar refractivity (Wildman–Crippen MR) is 98.6 cm³/mol. The number of nitrogens with one attached hydrogen (secondary N) is 2. The van der Waals surface area contributed by atoms with Gasteiger partial charge in [-0.1, -0.05) is 49.4 Å². The Morgan fingerprint density at radius 2 is 1.82 bits per heavy atom. The first kappa shape index (κ1) is 16.2. The summed E-state index contributed by atoms with van der Waals surface area (Å²) in [5.74, 6) is 0.234. The van der Waals surface area contributed by atoms with E-state index >= 15 is 0 Å². The van der Waals surface area contributed by atoms with Gasteiger partial charge in [0.2, 0.25) is 0 Å². The summed E-state index contributed by atoms with van der Waals surface area (Å²) in [5, 5.41) is 7.88. The normalized spacial score (nSPS) is 12.1. The second-order valence-corrected chi connectivity index (χ2v) is 5.70. The SMILES string of the molecule is Cc1cccc(NC(=S)N/N=C\[C@H](C)c2ccccc2)c1C. The number of hydrogen-bond acceptors (Lipinski definition) is 2. The van der Waals surface area contributed by atoms with Gasteiger partial charge in [-0.15, -0.1) is 0 Å². The van der Waals surface area contributed by atoms with Crippen molar-refractivity contribution in [3.63, 3.8) is 0 Å². The third-order valence-electron chi connectivity index (χ3n) is 3.64. The van der Waals surface area contributed by atoms with Crippen LogP contribution in [0.1, 0.15) is 29.5 Å². The molecule has 0 bridgehead atoms. The van der Waals surface area contributed by atoms with Gasteiger partial charge < -0.3 is 5.32 Å². The second-order valence-electron chi connectivity index (χ2n) is 5.29. The van der Waals surface area contributed by atoms with Crippen molar-refractivity contribution in [3.8, 4) is 0 Å². The average molecular weight is 311 g/mol. The summed E-state index contributed by atoms with van der Waals surface area (Å²) in [7, 11) is 0.